The Morgan fingerprint density at radius 1 is 1.29 bits per heavy atom. The lowest BCUT2D eigenvalue weighted by Gasteiger charge is -2.18. The Hall–Kier alpha value is -2.51. The van der Waals surface area contributed by atoms with Crippen molar-refractivity contribution < 1.29 is 41.0 Å². The van der Waals surface area contributed by atoms with Gasteiger partial charge in [0.25, 0.3) is 0 Å². The Bertz CT molecular complexity index is 1070. The zero-order valence-electron chi connectivity index (χ0n) is 16.5. The molecule has 0 N–H and O–H groups in total. The van der Waals surface area contributed by atoms with Crippen molar-refractivity contribution in [3.8, 4) is 5.69 Å². The third-order valence-electron chi connectivity index (χ3n) is 5.18. The number of methoxy groups -OCH3 is 2. The number of benzene rings is 1. The summed E-state index contributed by atoms with van der Waals surface area (Å²) in [5, 5.41) is 17.4. The van der Waals surface area contributed by atoms with Gasteiger partial charge in [-0.1, -0.05) is 5.21 Å². The number of carboxylic acid groups (broad SMARTS) is 1. The van der Waals surface area contributed by atoms with E-state index in [-0.39, 0.29) is 18.7 Å². The topological polar surface area (TPSA) is 123 Å². The van der Waals surface area contributed by atoms with E-state index in [9.17, 15) is 31.5 Å². The number of aliphatic carboxylic acids is 1. The summed E-state index contributed by atoms with van der Waals surface area (Å²) >= 11 is 0. The highest BCUT2D eigenvalue weighted by atomic mass is 32.2. The first-order chi connectivity index (χ1) is 14.5. The van der Waals surface area contributed by atoms with Crippen LogP contribution >= 0.6 is 0 Å². The molecule has 1 fully saturated rings. The molecule has 0 bridgehead atoms. The fraction of sp³-hybridized carbons (Fsp3) is 0.500. The Kier molecular flexibility index (Phi) is 6.39. The van der Waals surface area contributed by atoms with Crippen LogP contribution in [-0.2, 0) is 36.9 Å². The van der Waals surface area contributed by atoms with Gasteiger partial charge in [0.15, 0.2) is 9.84 Å². The van der Waals surface area contributed by atoms with Gasteiger partial charge in [-0.3, -0.25) is 0 Å². The molecule has 170 valence electrons. The lowest BCUT2D eigenvalue weighted by Crippen LogP contribution is -2.36. The summed E-state index contributed by atoms with van der Waals surface area (Å²) in [4.78, 5) is 10.3. The maximum Gasteiger partial charge on any atom is 0.417 e. The SMILES string of the molecule is COCc1cn(-c2ccc(S(=O)(=O)[C@@H]3C[C@H](OC)[C@@H](C(=O)[O-])C3)c(C(F)(F)F)c2)nn1. The van der Waals surface area contributed by atoms with Crippen molar-refractivity contribution in [1.29, 1.82) is 0 Å². The number of halogens is 3. The van der Waals surface area contributed by atoms with Crippen LogP contribution in [-0.4, -0.2) is 55.0 Å². The number of carboxylic acids is 1. The summed E-state index contributed by atoms with van der Waals surface area (Å²) in [6, 6.07) is 2.68. The van der Waals surface area contributed by atoms with E-state index in [1.165, 1.54) is 26.5 Å². The van der Waals surface area contributed by atoms with E-state index in [1.807, 2.05) is 0 Å². The van der Waals surface area contributed by atoms with Gasteiger partial charge in [-0.15, -0.1) is 5.10 Å². The molecule has 1 aromatic carbocycles. The Morgan fingerprint density at radius 3 is 2.55 bits per heavy atom. The quantitative estimate of drug-likeness (QED) is 0.591. The van der Waals surface area contributed by atoms with Gasteiger partial charge >= 0.3 is 6.18 Å². The third kappa shape index (κ3) is 4.57. The maximum absolute atomic E-state index is 13.8. The number of ether oxygens (including phenoxy) is 2. The van der Waals surface area contributed by atoms with Crippen LogP contribution in [0.15, 0.2) is 29.3 Å². The van der Waals surface area contributed by atoms with Crippen LogP contribution in [0.4, 0.5) is 13.2 Å². The molecule has 3 rings (SSSR count). The Labute approximate surface area is 175 Å². The number of sulfone groups is 1. The highest BCUT2D eigenvalue weighted by Gasteiger charge is 2.46. The number of nitrogens with zero attached hydrogens (tertiary/aromatic N) is 3. The minimum Gasteiger partial charge on any atom is -0.550 e. The second-order valence-corrected chi connectivity index (χ2v) is 9.30. The summed E-state index contributed by atoms with van der Waals surface area (Å²) in [6.45, 7) is 0.0978. The molecule has 1 aliphatic carbocycles. The summed E-state index contributed by atoms with van der Waals surface area (Å²) in [5.74, 6) is -2.73. The maximum atomic E-state index is 13.8. The Balaban J connectivity index is 2.03. The molecule has 3 atom stereocenters. The number of hydrogen-bond acceptors (Lipinski definition) is 8. The van der Waals surface area contributed by atoms with Gasteiger partial charge in [0, 0.05) is 26.1 Å². The second kappa shape index (κ2) is 8.55. The average Bonchev–Trinajstić information content (AvgIpc) is 3.34. The molecule has 1 heterocycles. The molecule has 1 saturated carbocycles. The minimum atomic E-state index is -4.98. The fourth-order valence-electron chi connectivity index (χ4n) is 3.66. The first-order valence-electron chi connectivity index (χ1n) is 9.08. The van der Waals surface area contributed by atoms with Crippen LogP contribution in [0.3, 0.4) is 0 Å². The van der Waals surface area contributed by atoms with Crippen molar-refractivity contribution >= 4 is 15.8 Å². The third-order valence-corrected chi connectivity index (χ3v) is 7.41. The molecule has 1 aromatic heterocycles. The summed E-state index contributed by atoms with van der Waals surface area (Å²) in [5.41, 5.74) is -1.05. The number of carbonyl (C=O) groups is 1. The average molecular weight is 462 g/mol. The summed E-state index contributed by atoms with van der Waals surface area (Å²) < 4.78 is 78.4. The number of alkyl halides is 3. The lowest BCUT2D eigenvalue weighted by molar-refractivity contribution is -0.313. The van der Waals surface area contributed by atoms with Crippen LogP contribution in [0, 0.1) is 5.92 Å². The first-order valence-corrected chi connectivity index (χ1v) is 10.6. The van der Waals surface area contributed by atoms with Gasteiger partial charge < -0.3 is 19.4 Å². The van der Waals surface area contributed by atoms with Crippen LogP contribution in [0.25, 0.3) is 5.69 Å². The van der Waals surface area contributed by atoms with Gasteiger partial charge in [0.2, 0.25) is 0 Å². The van der Waals surface area contributed by atoms with E-state index < -0.39 is 56.1 Å². The van der Waals surface area contributed by atoms with Crippen LogP contribution in [0.1, 0.15) is 24.1 Å². The van der Waals surface area contributed by atoms with Gasteiger partial charge in [0.05, 0.1) is 40.3 Å². The molecule has 0 unspecified atom stereocenters. The van der Waals surface area contributed by atoms with Crippen molar-refractivity contribution in [3.63, 3.8) is 0 Å². The highest BCUT2D eigenvalue weighted by molar-refractivity contribution is 7.92. The molecule has 31 heavy (non-hydrogen) atoms. The van der Waals surface area contributed by atoms with Gasteiger partial charge in [0.1, 0.15) is 5.69 Å². The monoisotopic (exact) mass is 462 g/mol. The van der Waals surface area contributed by atoms with Crippen molar-refractivity contribution in [2.75, 3.05) is 14.2 Å². The number of hydrogen-bond donors (Lipinski definition) is 0. The highest BCUT2D eigenvalue weighted by Crippen LogP contribution is 2.41. The molecule has 1 aliphatic rings. The predicted octanol–water partition coefficient (Wildman–Crippen LogP) is 0.750. The van der Waals surface area contributed by atoms with Gasteiger partial charge in [-0.2, -0.15) is 13.2 Å². The second-order valence-electron chi connectivity index (χ2n) is 7.10. The van der Waals surface area contributed by atoms with Crippen LogP contribution in [0.2, 0.25) is 0 Å². The van der Waals surface area contributed by atoms with E-state index in [0.29, 0.717) is 11.8 Å². The fourth-order valence-corrected chi connectivity index (χ4v) is 5.67. The van der Waals surface area contributed by atoms with Crippen molar-refractivity contribution in [1.82, 2.24) is 15.0 Å². The van der Waals surface area contributed by atoms with E-state index in [0.717, 1.165) is 10.7 Å². The molecule has 9 nitrogen and oxygen atoms in total. The largest absolute Gasteiger partial charge is 0.550 e. The van der Waals surface area contributed by atoms with E-state index >= 15 is 0 Å². The molecule has 13 heteroatoms. The number of carbonyl (C=O) groups excluding carboxylic acids is 1. The summed E-state index contributed by atoms with van der Waals surface area (Å²) in [6.07, 6.45) is -5.24. The smallest absolute Gasteiger partial charge is 0.417 e. The Morgan fingerprint density at radius 2 is 2.00 bits per heavy atom. The summed E-state index contributed by atoms with van der Waals surface area (Å²) in [7, 11) is -1.89. The number of aromatic nitrogens is 3. The van der Waals surface area contributed by atoms with Crippen molar-refractivity contribution in [3.05, 3.63) is 35.7 Å². The lowest BCUT2D eigenvalue weighted by atomic mass is 10.1. The van der Waals surface area contributed by atoms with E-state index in [2.05, 4.69) is 10.3 Å². The molecule has 0 amide bonds. The normalized spacial score (nSPS) is 22.0. The van der Waals surface area contributed by atoms with Crippen molar-refractivity contribution in [2.45, 2.75) is 41.9 Å². The standard InChI is InChI=1S/C18H20F3N3O6S/c1-29-9-10-8-24(23-22-10)11-3-4-16(14(5-11)18(19,20)21)31(27,28)12-6-13(17(25)26)15(7-12)30-2/h3-5,8,12-13,15H,6-7,9H2,1-2H3,(H,25,26)/p-1/t12-,13-,15-/m0/s1. The molecular weight excluding hydrogens is 443 g/mol. The molecule has 0 aliphatic heterocycles. The molecule has 0 radical (unpaired) electrons. The molecular formula is C18H19F3N3O6S-. The van der Waals surface area contributed by atoms with Gasteiger partial charge in [-0.25, -0.2) is 13.1 Å². The number of rotatable bonds is 7. The predicted molar refractivity (Wildman–Crippen MR) is 96.6 cm³/mol. The van der Waals surface area contributed by atoms with E-state index in [4.69, 9.17) is 9.47 Å². The van der Waals surface area contributed by atoms with Crippen LogP contribution < -0.4 is 5.11 Å². The minimum absolute atomic E-state index is 0.0464. The first kappa shape index (κ1) is 23.2. The molecule has 0 spiro atoms. The van der Waals surface area contributed by atoms with Gasteiger partial charge in [-0.05, 0) is 31.0 Å². The zero-order chi connectivity index (χ0) is 23.0. The zero-order valence-corrected chi connectivity index (χ0v) is 17.3. The van der Waals surface area contributed by atoms with Crippen molar-refractivity contribution in [2.24, 2.45) is 5.92 Å². The van der Waals surface area contributed by atoms with E-state index in [1.54, 1.807) is 0 Å². The molecule has 0 saturated heterocycles. The molecule has 2 aromatic rings. The van der Waals surface area contributed by atoms with Crippen LogP contribution in [0.5, 0.6) is 0 Å².